The van der Waals surface area contributed by atoms with Gasteiger partial charge in [-0.1, -0.05) is 204 Å². The van der Waals surface area contributed by atoms with Crippen LogP contribution in [0, 0.1) is 0 Å². The molecule has 0 aromatic rings. The second kappa shape index (κ2) is 51.9. The molecular formula is C58H116N2O5S2. The van der Waals surface area contributed by atoms with Crippen molar-refractivity contribution in [2.45, 2.75) is 322 Å². The van der Waals surface area contributed by atoms with Crippen molar-refractivity contribution in [3.05, 3.63) is 0 Å². The lowest BCUT2D eigenvalue weighted by molar-refractivity contribution is -0.151. The van der Waals surface area contributed by atoms with Gasteiger partial charge in [-0.15, -0.1) is 0 Å². The van der Waals surface area contributed by atoms with Gasteiger partial charge < -0.3 is 19.5 Å². The van der Waals surface area contributed by atoms with E-state index in [0.29, 0.717) is 18.9 Å². The topological polar surface area (TPSA) is 79.3 Å². The maximum absolute atomic E-state index is 12.9. The predicted molar refractivity (Wildman–Crippen MR) is 297 cm³/mol. The fraction of sp³-hybridized carbons (Fsp3) is 0.966. The van der Waals surface area contributed by atoms with Gasteiger partial charge in [0.05, 0.1) is 0 Å². The minimum Gasteiger partial charge on any atom is -0.462 e. The molecule has 0 rings (SSSR count). The lowest BCUT2D eigenvalue weighted by Gasteiger charge is -2.36. The molecule has 9 heteroatoms. The molecule has 0 saturated heterocycles. The first-order valence-electron chi connectivity index (χ1n) is 29.4. The normalized spacial score (nSPS) is 12.4. The molecule has 0 aliphatic heterocycles. The summed E-state index contributed by atoms with van der Waals surface area (Å²) in [6.07, 6.45) is 46.3. The number of aliphatic hydroxyl groups excluding tert-OH is 1. The van der Waals surface area contributed by atoms with Crippen molar-refractivity contribution in [2.24, 2.45) is 0 Å². The number of nitrogens with zero attached hydrogens (tertiary/aromatic N) is 2. The third-order valence-corrected chi connectivity index (χ3v) is 16.2. The second-order valence-corrected chi connectivity index (χ2v) is 23.3. The van der Waals surface area contributed by atoms with Crippen LogP contribution in [0.15, 0.2) is 0 Å². The molecular weight excluding hydrogens is 869 g/mol. The number of hydrogen-bond donors (Lipinski definition) is 1. The molecule has 0 heterocycles. The first-order chi connectivity index (χ1) is 32.7. The summed E-state index contributed by atoms with van der Waals surface area (Å²) in [7, 11) is 8.22. The van der Waals surface area contributed by atoms with E-state index >= 15 is 0 Å². The minimum atomic E-state index is -0.386. The zero-order chi connectivity index (χ0) is 49.3. The first-order valence-corrected chi connectivity index (χ1v) is 31.9. The van der Waals surface area contributed by atoms with E-state index in [4.69, 9.17) is 9.47 Å². The van der Waals surface area contributed by atoms with E-state index < -0.39 is 0 Å². The molecule has 0 aliphatic rings. The van der Waals surface area contributed by atoms with Crippen LogP contribution in [-0.2, 0) is 19.1 Å². The minimum absolute atomic E-state index is 0.0195. The zero-order valence-corrected chi connectivity index (χ0v) is 47.6. The van der Waals surface area contributed by atoms with E-state index in [1.165, 1.54) is 173 Å². The average molecular weight is 986 g/mol. The van der Waals surface area contributed by atoms with E-state index in [-0.39, 0.29) is 30.4 Å². The molecule has 0 amide bonds. The summed E-state index contributed by atoms with van der Waals surface area (Å²) in [5, 5.41) is 11.8. The van der Waals surface area contributed by atoms with Crippen LogP contribution in [0.4, 0.5) is 0 Å². The predicted octanol–water partition coefficient (Wildman–Crippen LogP) is 17.8. The van der Waals surface area contributed by atoms with Crippen LogP contribution in [0.5, 0.6) is 0 Å². The van der Waals surface area contributed by atoms with Gasteiger partial charge in [-0.3, -0.25) is 14.5 Å². The van der Waals surface area contributed by atoms with Crippen LogP contribution in [0.25, 0.3) is 0 Å². The Labute approximate surface area is 426 Å². The molecule has 0 saturated carbocycles. The molecule has 0 spiro atoms. The molecule has 0 radical (unpaired) electrons. The highest BCUT2D eigenvalue weighted by Gasteiger charge is 2.24. The zero-order valence-electron chi connectivity index (χ0n) is 45.9. The number of unbranched alkanes of at least 4 members (excludes halogenated alkanes) is 24. The quantitative estimate of drug-likeness (QED) is 0.0277. The van der Waals surface area contributed by atoms with Gasteiger partial charge in [0, 0.05) is 36.9 Å². The molecule has 0 aliphatic carbocycles. The van der Waals surface area contributed by atoms with Crippen molar-refractivity contribution in [1.82, 2.24) is 9.80 Å². The fourth-order valence-corrected chi connectivity index (χ4v) is 11.6. The summed E-state index contributed by atoms with van der Waals surface area (Å²) in [4.78, 5) is 30.5. The lowest BCUT2D eigenvalue weighted by Crippen LogP contribution is -2.44. The summed E-state index contributed by atoms with van der Waals surface area (Å²) in [6, 6.07) is 0.408. The molecule has 0 aromatic carbocycles. The number of esters is 2. The SMILES string of the molecule is CCCCCCC(CCCCCC)OC(=O)CCCCCCCCC(CCCCCCCCC(=O)OC(CCCCCC)CCCCCC)N(CCCCN(C)C)C(O)CCSSCCCC. The number of aliphatic hydroxyl groups is 1. The maximum atomic E-state index is 12.9. The van der Waals surface area contributed by atoms with Gasteiger partial charge in [-0.25, -0.2) is 0 Å². The molecule has 1 N–H and O–H groups in total. The van der Waals surface area contributed by atoms with Crippen molar-refractivity contribution in [3.8, 4) is 0 Å². The summed E-state index contributed by atoms with van der Waals surface area (Å²) in [5.74, 6) is 2.23. The lowest BCUT2D eigenvalue weighted by atomic mass is 9.97. The Kier molecular flexibility index (Phi) is 51.5. The molecule has 0 aromatic heterocycles. The smallest absolute Gasteiger partial charge is 0.306 e. The summed E-state index contributed by atoms with van der Waals surface area (Å²) in [6.45, 7) is 13.3. The average Bonchev–Trinajstić information content (AvgIpc) is 3.31. The van der Waals surface area contributed by atoms with Crippen molar-refractivity contribution in [3.63, 3.8) is 0 Å². The Balaban J connectivity index is 5.14. The van der Waals surface area contributed by atoms with Crippen LogP contribution >= 0.6 is 21.6 Å². The van der Waals surface area contributed by atoms with Crippen molar-refractivity contribution < 1.29 is 24.2 Å². The van der Waals surface area contributed by atoms with Crippen LogP contribution < -0.4 is 0 Å². The highest BCUT2D eigenvalue weighted by Crippen LogP contribution is 2.27. The second-order valence-electron chi connectivity index (χ2n) is 20.6. The first kappa shape index (κ1) is 66.5. The van der Waals surface area contributed by atoms with Gasteiger partial charge in [0.1, 0.15) is 18.4 Å². The van der Waals surface area contributed by atoms with E-state index in [1.807, 2.05) is 21.6 Å². The third-order valence-electron chi connectivity index (χ3n) is 13.7. The molecule has 400 valence electrons. The highest BCUT2D eigenvalue weighted by atomic mass is 33.1. The Morgan fingerprint density at radius 2 is 0.746 bits per heavy atom. The number of carbonyl (C=O) groups excluding carboxylic acids is 2. The van der Waals surface area contributed by atoms with E-state index in [1.54, 1.807) is 0 Å². The van der Waals surface area contributed by atoms with E-state index in [9.17, 15) is 14.7 Å². The van der Waals surface area contributed by atoms with Crippen LogP contribution in [0.1, 0.15) is 298 Å². The van der Waals surface area contributed by atoms with Gasteiger partial charge >= 0.3 is 11.9 Å². The Bertz CT molecular complexity index is 955. The highest BCUT2D eigenvalue weighted by molar-refractivity contribution is 8.76. The van der Waals surface area contributed by atoms with Gasteiger partial charge in [0.2, 0.25) is 0 Å². The van der Waals surface area contributed by atoms with Crippen molar-refractivity contribution in [1.29, 1.82) is 0 Å². The van der Waals surface area contributed by atoms with Crippen molar-refractivity contribution >= 4 is 33.5 Å². The molecule has 67 heavy (non-hydrogen) atoms. The Hall–Kier alpha value is -0.480. The van der Waals surface area contributed by atoms with E-state index in [0.717, 1.165) is 102 Å². The van der Waals surface area contributed by atoms with Crippen LogP contribution in [0.3, 0.4) is 0 Å². The van der Waals surface area contributed by atoms with Gasteiger partial charge in [0.25, 0.3) is 0 Å². The monoisotopic (exact) mass is 985 g/mol. The van der Waals surface area contributed by atoms with Gasteiger partial charge in [-0.2, -0.15) is 0 Å². The Morgan fingerprint density at radius 1 is 0.403 bits per heavy atom. The summed E-state index contributed by atoms with van der Waals surface area (Å²) in [5.41, 5.74) is 0. The van der Waals surface area contributed by atoms with Crippen LogP contribution in [-0.4, -0.2) is 90.0 Å². The number of rotatable bonds is 54. The molecule has 1 atom stereocenters. The third kappa shape index (κ3) is 45.1. The maximum Gasteiger partial charge on any atom is 0.306 e. The number of carbonyl (C=O) groups is 2. The molecule has 7 nitrogen and oxygen atoms in total. The molecule has 1 unspecified atom stereocenters. The largest absolute Gasteiger partial charge is 0.462 e. The standard InChI is InChI=1S/C58H116N2O5S2/c1-8-13-18-32-42-54(43-33-19-14-9-2)64-57(62)46-36-28-24-22-26-30-40-53(60(50-39-38-49-59(6)7)56(61)48-52-67-66-51-17-12-5)41-31-27-23-25-29-37-47-58(63)65-55(44-34-20-15-10-3)45-35-21-16-11-4/h53-56,61H,8-52H2,1-7H3. The number of hydrogen-bond acceptors (Lipinski definition) is 9. The molecule has 0 bridgehead atoms. The summed E-state index contributed by atoms with van der Waals surface area (Å²) >= 11 is 0. The molecule has 0 fully saturated rings. The van der Waals surface area contributed by atoms with Crippen molar-refractivity contribution in [2.75, 3.05) is 38.7 Å². The fourth-order valence-electron chi connectivity index (χ4n) is 9.34. The number of ether oxygens (including phenoxy) is 2. The van der Waals surface area contributed by atoms with Gasteiger partial charge in [-0.05, 0) is 123 Å². The summed E-state index contributed by atoms with van der Waals surface area (Å²) < 4.78 is 12.1. The van der Waals surface area contributed by atoms with Gasteiger partial charge in [0.15, 0.2) is 0 Å². The van der Waals surface area contributed by atoms with Crippen LogP contribution in [0.2, 0.25) is 0 Å². The Morgan fingerprint density at radius 3 is 1.15 bits per heavy atom. The van der Waals surface area contributed by atoms with E-state index in [2.05, 4.69) is 58.5 Å².